The van der Waals surface area contributed by atoms with Crippen LogP contribution in [-0.2, 0) is 6.42 Å². The molecule has 0 bridgehead atoms. The van der Waals surface area contributed by atoms with Gasteiger partial charge in [0.15, 0.2) is 17.5 Å². The summed E-state index contributed by atoms with van der Waals surface area (Å²) in [5, 5.41) is 7.60. The van der Waals surface area contributed by atoms with Crippen LogP contribution in [0.15, 0.2) is 41.5 Å². The molecule has 1 aliphatic heterocycles. The fourth-order valence-electron chi connectivity index (χ4n) is 3.60. The van der Waals surface area contributed by atoms with Crippen LogP contribution >= 0.6 is 35.6 Å². The number of methoxy groups -OCH3 is 2. The zero-order chi connectivity index (χ0) is 21.3. The average Bonchev–Trinajstić information content (AvgIpc) is 3.24. The van der Waals surface area contributed by atoms with E-state index < -0.39 is 0 Å². The minimum absolute atomic E-state index is 0. The summed E-state index contributed by atoms with van der Waals surface area (Å²) in [4.78, 5) is 11.0. The van der Waals surface area contributed by atoms with Crippen LogP contribution in [0, 0.1) is 0 Å². The molecule has 9 heteroatoms. The largest absolute Gasteiger partial charge is 0.493 e. The first-order chi connectivity index (χ1) is 14.6. The molecule has 170 valence electrons. The Morgan fingerprint density at radius 3 is 2.77 bits per heavy atom. The highest BCUT2D eigenvalue weighted by molar-refractivity contribution is 14.0. The van der Waals surface area contributed by atoms with E-state index in [0.717, 1.165) is 62.2 Å². The molecule has 1 atom stereocenters. The fourth-order valence-corrected chi connectivity index (χ4v) is 3.84. The zero-order valence-electron chi connectivity index (χ0n) is 18.2. The summed E-state index contributed by atoms with van der Waals surface area (Å²) in [5.41, 5.74) is 1.22. The molecule has 0 saturated carbocycles. The van der Waals surface area contributed by atoms with Crippen molar-refractivity contribution in [2.75, 3.05) is 45.8 Å². The predicted octanol–water partition coefficient (Wildman–Crippen LogP) is 3.75. The molecule has 0 radical (unpaired) electrons. The SMILES string of the molecule is CN=C(NCCCc1ccc(OC)c(OC)c1)NC1CCN(c2ncccc2Cl)C1.I. The van der Waals surface area contributed by atoms with Gasteiger partial charge in [-0.15, -0.1) is 24.0 Å². The van der Waals surface area contributed by atoms with E-state index in [0.29, 0.717) is 11.1 Å². The van der Waals surface area contributed by atoms with Gasteiger partial charge >= 0.3 is 0 Å². The monoisotopic (exact) mass is 559 g/mol. The number of pyridine rings is 1. The van der Waals surface area contributed by atoms with Crippen molar-refractivity contribution in [3.63, 3.8) is 0 Å². The number of nitrogens with zero attached hydrogens (tertiary/aromatic N) is 3. The van der Waals surface area contributed by atoms with Crippen LogP contribution in [0.4, 0.5) is 5.82 Å². The number of aryl methyl sites for hydroxylation is 1. The molecule has 1 unspecified atom stereocenters. The van der Waals surface area contributed by atoms with Crippen molar-refractivity contribution in [3.8, 4) is 11.5 Å². The number of aromatic nitrogens is 1. The van der Waals surface area contributed by atoms with Gasteiger partial charge in [0.25, 0.3) is 0 Å². The average molecular weight is 560 g/mol. The molecule has 1 aromatic heterocycles. The van der Waals surface area contributed by atoms with Crippen molar-refractivity contribution in [1.29, 1.82) is 0 Å². The maximum absolute atomic E-state index is 6.28. The van der Waals surface area contributed by atoms with Gasteiger partial charge < -0.3 is 25.0 Å². The lowest BCUT2D eigenvalue weighted by molar-refractivity contribution is 0.354. The Hall–Kier alpha value is -1.94. The number of aliphatic imine (C=N–C) groups is 1. The summed E-state index contributed by atoms with van der Waals surface area (Å²) in [6, 6.07) is 10.1. The summed E-state index contributed by atoms with van der Waals surface area (Å²) in [6.45, 7) is 2.60. The van der Waals surface area contributed by atoms with Gasteiger partial charge in [-0.3, -0.25) is 4.99 Å². The van der Waals surface area contributed by atoms with Crippen molar-refractivity contribution in [2.24, 2.45) is 4.99 Å². The maximum atomic E-state index is 6.28. The van der Waals surface area contributed by atoms with Crippen LogP contribution in [0.2, 0.25) is 5.02 Å². The van der Waals surface area contributed by atoms with E-state index in [-0.39, 0.29) is 24.0 Å². The first kappa shape index (κ1) is 25.3. The normalized spacial score (nSPS) is 15.9. The highest BCUT2D eigenvalue weighted by Crippen LogP contribution is 2.28. The molecule has 3 rings (SSSR count). The van der Waals surface area contributed by atoms with Gasteiger partial charge in [0.1, 0.15) is 5.82 Å². The van der Waals surface area contributed by atoms with Crippen molar-refractivity contribution in [2.45, 2.75) is 25.3 Å². The van der Waals surface area contributed by atoms with Crippen LogP contribution in [0.5, 0.6) is 11.5 Å². The Labute approximate surface area is 206 Å². The van der Waals surface area contributed by atoms with Gasteiger partial charge in [0, 0.05) is 38.9 Å². The highest BCUT2D eigenvalue weighted by atomic mass is 127. The first-order valence-corrected chi connectivity index (χ1v) is 10.6. The number of halogens is 2. The Morgan fingerprint density at radius 2 is 2.06 bits per heavy atom. The lowest BCUT2D eigenvalue weighted by atomic mass is 10.1. The van der Waals surface area contributed by atoms with Crippen molar-refractivity contribution in [1.82, 2.24) is 15.6 Å². The lowest BCUT2D eigenvalue weighted by Crippen LogP contribution is -2.45. The summed E-state index contributed by atoms with van der Waals surface area (Å²) in [7, 11) is 5.10. The second-order valence-corrected chi connectivity index (χ2v) is 7.58. The van der Waals surface area contributed by atoms with E-state index in [1.165, 1.54) is 5.56 Å². The summed E-state index contributed by atoms with van der Waals surface area (Å²) in [5.74, 6) is 3.18. The smallest absolute Gasteiger partial charge is 0.191 e. The number of benzene rings is 1. The van der Waals surface area contributed by atoms with Crippen LogP contribution in [0.3, 0.4) is 0 Å². The highest BCUT2D eigenvalue weighted by Gasteiger charge is 2.25. The van der Waals surface area contributed by atoms with E-state index in [2.05, 4.69) is 31.6 Å². The van der Waals surface area contributed by atoms with Crippen LogP contribution in [-0.4, -0.2) is 57.9 Å². The van der Waals surface area contributed by atoms with Gasteiger partial charge in [0.05, 0.1) is 19.2 Å². The van der Waals surface area contributed by atoms with E-state index in [4.69, 9.17) is 21.1 Å². The zero-order valence-corrected chi connectivity index (χ0v) is 21.3. The second-order valence-electron chi connectivity index (χ2n) is 7.18. The van der Waals surface area contributed by atoms with Crippen LogP contribution in [0.25, 0.3) is 0 Å². The Morgan fingerprint density at radius 1 is 1.26 bits per heavy atom. The third kappa shape index (κ3) is 7.03. The maximum Gasteiger partial charge on any atom is 0.191 e. The molecule has 2 aromatic rings. The van der Waals surface area contributed by atoms with Crippen molar-refractivity contribution < 1.29 is 9.47 Å². The Bertz CT molecular complexity index is 868. The molecule has 1 saturated heterocycles. The number of rotatable bonds is 8. The third-order valence-electron chi connectivity index (χ3n) is 5.17. The van der Waals surface area contributed by atoms with Gasteiger partial charge in [-0.1, -0.05) is 17.7 Å². The molecule has 0 spiro atoms. The van der Waals surface area contributed by atoms with Gasteiger partial charge in [0.2, 0.25) is 0 Å². The van der Waals surface area contributed by atoms with Gasteiger partial charge in [-0.2, -0.15) is 0 Å². The Balaban J connectivity index is 0.00000341. The molecule has 1 aliphatic rings. The standard InChI is InChI=1S/C22H30ClN5O2.HI/c1-24-22(26-12-4-6-16-8-9-19(29-2)20(14-16)30-3)27-17-10-13-28(15-17)21-18(23)7-5-11-25-21;/h5,7-9,11,14,17H,4,6,10,12-13,15H2,1-3H3,(H2,24,26,27);1H. The Kier molecular flexibility index (Phi) is 10.5. The summed E-state index contributed by atoms with van der Waals surface area (Å²) >= 11 is 6.28. The van der Waals surface area contributed by atoms with E-state index >= 15 is 0 Å². The second kappa shape index (κ2) is 12.8. The quantitative estimate of drug-likeness (QED) is 0.222. The number of anilines is 1. The molecule has 31 heavy (non-hydrogen) atoms. The molecule has 0 aliphatic carbocycles. The molecule has 2 N–H and O–H groups in total. The van der Waals surface area contributed by atoms with Crippen LogP contribution in [0.1, 0.15) is 18.4 Å². The van der Waals surface area contributed by atoms with Gasteiger partial charge in [-0.25, -0.2) is 4.98 Å². The first-order valence-electron chi connectivity index (χ1n) is 10.2. The fraction of sp³-hybridized carbons (Fsp3) is 0.455. The molecule has 0 amide bonds. The van der Waals surface area contributed by atoms with Gasteiger partial charge in [-0.05, 0) is 49.1 Å². The summed E-state index contributed by atoms with van der Waals surface area (Å²) in [6.07, 6.45) is 4.72. The minimum Gasteiger partial charge on any atom is -0.493 e. The van der Waals surface area contributed by atoms with E-state index in [1.54, 1.807) is 27.5 Å². The number of hydrogen-bond donors (Lipinski definition) is 2. The van der Waals surface area contributed by atoms with Crippen molar-refractivity contribution in [3.05, 3.63) is 47.1 Å². The molecular weight excluding hydrogens is 529 g/mol. The van der Waals surface area contributed by atoms with E-state index in [9.17, 15) is 0 Å². The third-order valence-corrected chi connectivity index (χ3v) is 5.47. The molecule has 1 aromatic carbocycles. The number of nitrogens with one attached hydrogen (secondary N) is 2. The summed E-state index contributed by atoms with van der Waals surface area (Å²) < 4.78 is 10.7. The topological polar surface area (TPSA) is 71.0 Å². The number of guanidine groups is 1. The number of ether oxygens (including phenoxy) is 2. The van der Waals surface area contributed by atoms with E-state index in [1.807, 2.05) is 24.3 Å². The molecule has 2 heterocycles. The number of hydrogen-bond acceptors (Lipinski definition) is 5. The predicted molar refractivity (Wildman–Crippen MR) is 138 cm³/mol. The molecule has 1 fully saturated rings. The lowest BCUT2D eigenvalue weighted by Gasteiger charge is -2.20. The molecule has 7 nitrogen and oxygen atoms in total. The molecular formula is C22H31ClIN5O2. The van der Waals surface area contributed by atoms with Crippen molar-refractivity contribution >= 4 is 47.4 Å². The van der Waals surface area contributed by atoms with Crippen LogP contribution < -0.4 is 25.0 Å². The minimum atomic E-state index is 0.